The van der Waals surface area contributed by atoms with E-state index in [9.17, 15) is 9.59 Å². The smallest absolute Gasteiger partial charge is 0.274 e. The normalized spacial score (nSPS) is 15.2. The van der Waals surface area contributed by atoms with Crippen LogP contribution in [0.3, 0.4) is 0 Å². The topological polar surface area (TPSA) is 124 Å². The molecule has 4 rings (SSSR count). The van der Waals surface area contributed by atoms with Gasteiger partial charge in [0, 0.05) is 29.3 Å². The Morgan fingerprint density at radius 3 is 2.69 bits per heavy atom. The second kappa shape index (κ2) is 9.07. The van der Waals surface area contributed by atoms with E-state index in [2.05, 4.69) is 36.5 Å². The minimum atomic E-state index is -0.921. The van der Waals surface area contributed by atoms with Crippen LogP contribution in [-0.4, -0.2) is 38.4 Å². The van der Waals surface area contributed by atoms with Crippen molar-refractivity contribution in [1.29, 1.82) is 0 Å². The van der Waals surface area contributed by atoms with Crippen LogP contribution in [0.4, 0.5) is 5.69 Å². The molecule has 0 bridgehead atoms. The van der Waals surface area contributed by atoms with E-state index in [-0.39, 0.29) is 28.6 Å². The van der Waals surface area contributed by atoms with Crippen molar-refractivity contribution in [3.05, 3.63) is 67.5 Å². The maximum Gasteiger partial charge on any atom is 0.274 e. The maximum absolute atomic E-state index is 13.2. The molecule has 1 aliphatic rings. The molecule has 3 aromatic rings. The molecule has 9 nitrogen and oxygen atoms in total. The van der Waals surface area contributed by atoms with Gasteiger partial charge in [0.05, 0.1) is 21.4 Å². The number of rotatable bonds is 5. The third kappa shape index (κ3) is 4.44. The zero-order valence-corrected chi connectivity index (χ0v) is 19.7. The molecule has 3 N–H and O–H groups in total. The van der Waals surface area contributed by atoms with Gasteiger partial charge in [-0.15, -0.1) is 0 Å². The van der Waals surface area contributed by atoms with Gasteiger partial charge in [-0.3, -0.25) is 9.59 Å². The molecule has 0 aliphatic carbocycles. The third-order valence-corrected chi connectivity index (χ3v) is 5.64. The van der Waals surface area contributed by atoms with Crippen LogP contribution in [0.1, 0.15) is 22.5 Å². The Kier molecular flexibility index (Phi) is 6.38. The molecule has 2 amide bonds. The molecule has 3 heterocycles. The maximum atomic E-state index is 13.2. The molecule has 1 unspecified atom stereocenters. The highest BCUT2D eigenvalue weighted by atomic mass is 79.9. The van der Waals surface area contributed by atoms with Gasteiger partial charge in [0.2, 0.25) is 6.10 Å². The Morgan fingerprint density at radius 1 is 1.22 bits per heavy atom. The summed E-state index contributed by atoms with van der Waals surface area (Å²) in [6.07, 6.45) is 0.706. The van der Waals surface area contributed by atoms with Gasteiger partial charge >= 0.3 is 0 Å². The van der Waals surface area contributed by atoms with Gasteiger partial charge in [-0.1, -0.05) is 40.0 Å². The lowest BCUT2D eigenvalue weighted by molar-refractivity contribution is -0.127. The first kappa shape index (κ1) is 22.5. The van der Waals surface area contributed by atoms with Gasteiger partial charge in [0.15, 0.2) is 5.82 Å². The monoisotopic (exact) mass is 556 g/mol. The summed E-state index contributed by atoms with van der Waals surface area (Å²) in [6, 6.07) is 7.81. The molecule has 1 atom stereocenters. The van der Waals surface area contributed by atoms with E-state index >= 15 is 0 Å². The zero-order valence-electron chi connectivity index (χ0n) is 15.9. The van der Waals surface area contributed by atoms with Crippen LogP contribution in [0, 0.1) is 0 Å². The molecule has 2 aromatic heterocycles. The number of hydrogen-bond acceptors (Lipinski definition) is 6. The first-order valence-corrected chi connectivity index (χ1v) is 10.9. The number of anilines is 1. The van der Waals surface area contributed by atoms with Gasteiger partial charge < -0.3 is 15.9 Å². The minimum Gasteiger partial charge on any atom is -0.382 e. The highest BCUT2D eigenvalue weighted by molar-refractivity contribution is 9.10. The lowest BCUT2D eigenvalue weighted by Crippen LogP contribution is -2.28. The molecule has 13 heteroatoms. The van der Waals surface area contributed by atoms with Gasteiger partial charge in [-0.05, 0) is 40.2 Å². The number of carbonyl (C=O) groups is 2. The van der Waals surface area contributed by atoms with E-state index in [0.717, 1.165) is 0 Å². The number of pyridine rings is 1. The summed E-state index contributed by atoms with van der Waals surface area (Å²) in [5.41, 5.74) is 6.40. The van der Waals surface area contributed by atoms with Crippen molar-refractivity contribution in [2.45, 2.75) is 12.5 Å². The summed E-state index contributed by atoms with van der Waals surface area (Å²) in [4.78, 5) is 33.9. The molecule has 164 valence electrons. The Balaban J connectivity index is 1.72. The van der Waals surface area contributed by atoms with Crippen molar-refractivity contribution >= 4 is 73.9 Å². The number of nitrogens with zero attached hydrogens (tertiary/aromatic N) is 4. The molecule has 0 saturated heterocycles. The van der Waals surface area contributed by atoms with E-state index in [0.29, 0.717) is 25.9 Å². The molecule has 1 aliphatic heterocycles. The SMILES string of the molecule is NC(=O)C1CC(c2cc(Cl)cc(Cl)c2NC(=O)c2cc(Br)nn2-c2ncccc2Cl)=NO1. The number of nitrogens with one attached hydrogen (secondary N) is 1. The van der Waals surface area contributed by atoms with E-state index in [1.807, 2.05) is 0 Å². The number of carbonyl (C=O) groups excluding carboxylic acids is 2. The minimum absolute atomic E-state index is 0.0991. The largest absolute Gasteiger partial charge is 0.382 e. The molecule has 0 radical (unpaired) electrons. The fraction of sp³-hybridized carbons (Fsp3) is 0.105. The lowest BCUT2D eigenvalue weighted by Gasteiger charge is -2.14. The van der Waals surface area contributed by atoms with Gasteiger partial charge in [-0.2, -0.15) is 5.10 Å². The summed E-state index contributed by atoms with van der Waals surface area (Å²) < 4.78 is 1.69. The summed E-state index contributed by atoms with van der Waals surface area (Å²) in [7, 11) is 0. The van der Waals surface area contributed by atoms with Crippen molar-refractivity contribution in [3.63, 3.8) is 0 Å². The molecular formula is C19H12BrCl3N6O3. The zero-order chi connectivity index (χ0) is 23.0. The number of oxime groups is 1. The van der Waals surface area contributed by atoms with E-state index in [1.165, 1.54) is 23.0 Å². The van der Waals surface area contributed by atoms with Crippen molar-refractivity contribution in [2.24, 2.45) is 10.9 Å². The summed E-state index contributed by atoms with van der Waals surface area (Å²) in [6.45, 7) is 0. The second-order valence-corrected chi connectivity index (χ2v) is 8.64. The highest BCUT2D eigenvalue weighted by Crippen LogP contribution is 2.34. The van der Waals surface area contributed by atoms with E-state index < -0.39 is 17.9 Å². The number of halogens is 4. The number of amides is 2. The molecule has 0 spiro atoms. The number of nitrogens with two attached hydrogens (primary N) is 1. The first-order chi connectivity index (χ1) is 15.2. The standard InChI is InChI=1S/C19H12BrCl3N6O3/c20-15-7-13(29(27-15)18-10(22)2-1-3-25-18)19(31)26-16-9(4-8(21)5-11(16)23)12-6-14(17(24)30)32-28-12/h1-5,7,14H,6H2,(H2,24,30)(H,26,31). The van der Waals surface area contributed by atoms with Gasteiger partial charge in [0.25, 0.3) is 11.8 Å². The Bertz CT molecular complexity index is 1280. The van der Waals surface area contributed by atoms with Crippen molar-refractivity contribution in [3.8, 4) is 5.82 Å². The van der Waals surface area contributed by atoms with Crippen LogP contribution in [0.25, 0.3) is 5.82 Å². The number of primary amides is 1. The average Bonchev–Trinajstić information content (AvgIpc) is 3.37. The Morgan fingerprint density at radius 2 is 2.00 bits per heavy atom. The Hall–Kier alpha value is -2.66. The number of aromatic nitrogens is 3. The summed E-state index contributed by atoms with van der Waals surface area (Å²) in [5, 5.41) is 11.7. The van der Waals surface area contributed by atoms with Crippen LogP contribution in [0.5, 0.6) is 0 Å². The quantitative estimate of drug-likeness (QED) is 0.485. The van der Waals surface area contributed by atoms with Crippen molar-refractivity contribution in [2.75, 3.05) is 5.32 Å². The first-order valence-electron chi connectivity index (χ1n) is 8.94. The molecule has 1 aromatic carbocycles. The van der Waals surface area contributed by atoms with Gasteiger partial charge in [-0.25, -0.2) is 9.67 Å². The molecule has 32 heavy (non-hydrogen) atoms. The van der Waals surface area contributed by atoms with Crippen molar-refractivity contribution < 1.29 is 14.4 Å². The summed E-state index contributed by atoms with van der Waals surface area (Å²) >= 11 is 22.0. The van der Waals surface area contributed by atoms with E-state index in [1.54, 1.807) is 18.2 Å². The molecule has 0 fully saturated rings. The summed E-state index contributed by atoms with van der Waals surface area (Å²) in [5.74, 6) is -0.949. The number of benzene rings is 1. The fourth-order valence-electron chi connectivity index (χ4n) is 3.00. The third-order valence-electron chi connectivity index (χ3n) is 4.44. The van der Waals surface area contributed by atoms with Crippen LogP contribution < -0.4 is 11.1 Å². The van der Waals surface area contributed by atoms with Crippen LogP contribution in [0.15, 0.2) is 46.3 Å². The van der Waals surface area contributed by atoms with Crippen LogP contribution in [0.2, 0.25) is 15.1 Å². The van der Waals surface area contributed by atoms with Crippen molar-refractivity contribution in [1.82, 2.24) is 14.8 Å². The second-order valence-electron chi connectivity index (χ2n) is 6.58. The fourth-order valence-corrected chi connectivity index (χ4v) is 4.12. The van der Waals surface area contributed by atoms with Crippen LogP contribution >= 0.6 is 50.7 Å². The predicted molar refractivity (Wildman–Crippen MR) is 124 cm³/mol. The number of hydrogen-bond donors (Lipinski definition) is 2. The van der Waals surface area contributed by atoms with Gasteiger partial charge in [0.1, 0.15) is 10.3 Å². The molecule has 0 saturated carbocycles. The Labute approximate surface area is 204 Å². The van der Waals surface area contributed by atoms with E-state index in [4.69, 9.17) is 45.4 Å². The highest BCUT2D eigenvalue weighted by Gasteiger charge is 2.30. The predicted octanol–water partition coefficient (Wildman–Crippen LogP) is 4.22. The lowest BCUT2D eigenvalue weighted by atomic mass is 10.0. The van der Waals surface area contributed by atoms with Crippen LogP contribution in [-0.2, 0) is 9.63 Å². The average molecular weight is 559 g/mol. The molecular weight excluding hydrogens is 547 g/mol.